The van der Waals surface area contributed by atoms with Gasteiger partial charge in [0, 0.05) is 25.1 Å². The second kappa shape index (κ2) is 4.74. The number of carbonyl (C=O) groups excluding carboxylic acids is 2. The number of carbonyl (C=O) groups is 2. The molecule has 1 amide bonds. The fourth-order valence-corrected chi connectivity index (χ4v) is 2.26. The van der Waals surface area contributed by atoms with Crippen molar-refractivity contribution in [3.05, 3.63) is 29.5 Å². The molecule has 0 aliphatic heterocycles. The van der Waals surface area contributed by atoms with E-state index in [1.54, 1.807) is 29.8 Å². The molecule has 0 fully saturated rings. The smallest absolute Gasteiger partial charge is 0.267 e. The number of methoxy groups -OCH3 is 1. The maximum atomic E-state index is 12.0. The van der Waals surface area contributed by atoms with Gasteiger partial charge in [0.15, 0.2) is 5.78 Å². The van der Waals surface area contributed by atoms with Crippen LogP contribution in [0.2, 0.25) is 0 Å². The Kier molecular flexibility index (Phi) is 3.26. The summed E-state index contributed by atoms with van der Waals surface area (Å²) in [6.45, 7) is -0.0423. The molecular formula is C13H15N3O3. The summed E-state index contributed by atoms with van der Waals surface area (Å²) in [7, 11) is 3.13. The topological polar surface area (TPSA) is 100 Å². The molecule has 6 nitrogen and oxygen atoms in total. The molecule has 6 heteroatoms. The van der Waals surface area contributed by atoms with Crippen LogP contribution in [0, 0.1) is 0 Å². The van der Waals surface area contributed by atoms with Gasteiger partial charge in [-0.2, -0.15) is 0 Å². The SMILES string of the molecule is COCC(=O)c1cccc2c1c(N)c(C(N)=O)n2C. The third-order valence-electron chi connectivity index (χ3n) is 3.07. The highest BCUT2D eigenvalue weighted by molar-refractivity contribution is 6.16. The fourth-order valence-electron chi connectivity index (χ4n) is 2.26. The minimum Gasteiger partial charge on any atom is -0.396 e. The molecule has 0 aliphatic carbocycles. The molecule has 0 aliphatic rings. The standard InChI is InChI=1S/C13H15N3O3/c1-16-8-5-3-4-7(9(17)6-19-2)10(8)11(14)12(16)13(15)18/h3-5H,6,14H2,1-2H3,(H2,15,18). The van der Waals surface area contributed by atoms with Crippen molar-refractivity contribution in [2.75, 3.05) is 19.5 Å². The third kappa shape index (κ3) is 1.96. The van der Waals surface area contributed by atoms with E-state index in [9.17, 15) is 9.59 Å². The van der Waals surface area contributed by atoms with Gasteiger partial charge >= 0.3 is 0 Å². The van der Waals surface area contributed by atoms with Gasteiger partial charge in [0.05, 0.1) is 11.2 Å². The quantitative estimate of drug-likeness (QED) is 0.790. The number of hydrogen-bond donors (Lipinski definition) is 2. The summed E-state index contributed by atoms with van der Waals surface area (Å²) in [5.41, 5.74) is 12.8. The Balaban J connectivity index is 2.79. The number of benzene rings is 1. The highest BCUT2D eigenvalue weighted by Gasteiger charge is 2.21. The normalized spacial score (nSPS) is 10.8. The molecule has 1 aromatic carbocycles. The van der Waals surface area contributed by atoms with Crippen LogP contribution in [0.1, 0.15) is 20.8 Å². The maximum Gasteiger partial charge on any atom is 0.267 e. The zero-order valence-corrected chi connectivity index (χ0v) is 10.8. The van der Waals surface area contributed by atoms with Crippen LogP contribution < -0.4 is 11.5 Å². The molecule has 0 saturated heterocycles. The highest BCUT2D eigenvalue weighted by atomic mass is 16.5. The second-order valence-corrected chi connectivity index (χ2v) is 4.24. The molecule has 100 valence electrons. The van der Waals surface area contributed by atoms with Crippen LogP contribution in [-0.4, -0.2) is 30.0 Å². The van der Waals surface area contributed by atoms with Crippen molar-refractivity contribution >= 4 is 28.3 Å². The van der Waals surface area contributed by atoms with Gasteiger partial charge in [-0.25, -0.2) is 0 Å². The first-order valence-electron chi connectivity index (χ1n) is 5.67. The van der Waals surface area contributed by atoms with E-state index in [2.05, 4.69) is 0 Å². The number of primary amides is 1. The number of aromatic nitrogens is 1. The Morgan fingerprint density at radius 1 is 1.37 bits per heavy atom. The zero-order valence-electron chi connectivity index (χ0n) is 10.8. The number of nitrogen functional groups attached to an aromatic ring is 1. The molecule has 0 unspecified atom stereocenters. The van der Waals surface area contributed by atoms with Crippen molar-refractivity contribution in [3.63, 3.8) is 0 Å². The van der Waals surface area contributed by atoms with E-state index in [0.29, 0.717) is 16.5 Å². The first kappa shape index (κ1) is 13.1. The average Bonchev–Trinajstić information content (AvgIpc) is 2.62. The number of hydrogen-bond acceptors (Lipinski definition) is 4. The van der Waals surface area contributed by atoms with Crippen LogP contribution in [0.3, 0.4) is 0 Å². The Hall–Kier alpha value is -2.34. The molecule has 0 saturated carbocycles. The predicted octanol–water partition coefficient (Wildman–Crippen LogP) is 0.689. The van der Waals surface area contributed by atoms with Crippen molar-refractivity contribution < 1.29 is 14.3 Å². The van der Waals surface area contributed by atoms with Gasteiger partial charge < -0.3 is 20.8 Å². The third-order valence-corrected chi connectivity index (χ3v) is 3.07. The lowest BCUT2D eigenvalue weighted by molar-refractivity contribution is 0.0849. The second-order valence-electron chi connectivity index (χ2n) is 4.24. The molecule has 0 spiro atoms. The van der Waals surface area contributed by atoms with Gasteiger partial charge in [-0.1, -0.05) is 12.1 Å². The molecule has 1 heterocycles. The molecule has 4 N–H and O–H groups in total. The minimum absolute atomic E-state index is 0.0423. The Morgan fingerprint density at radius 2 is 2.05 bits per heavy atom. The number of ether oxygens (including phenoxy) is 1. The van der Waals surface area contributed by atoms with Gasteiger partial charge in [0.2, 0.25) is 0 Å². The van der Waals surface area contributed by atoms with Crippen molar-refractivity contribution in [3.8, 4) is 0 Å². The van der Waals surface area contributed by atoms with Gasteiger partial charge in [-0.15, -0.1) is 0 Å². The van der Waals surface area contributed by atoms with Crippen LogP contribution in [-0.2, 0) is 11.8 Å². The van der Waals surface area contributed by atoms with Gasteiger partial charge in [-0.3, -0.25) is 9.59 Å². The summed E-state index contributed by atoms with van der Waals surface area (Å²) in [5, 5.41) is 0.542. The number of nitrogens with two attached hydrogens (primary N) is 2. The maximum absolute atomic E-state index is 12.0. The number of Topliss-reactive ketones (excluding diaryl/α,β-unsaturated/α-hetero) is 1. The molecule has 0 radical (unpaired) electrons. The van der Waals surface area contributed by atoms with Gasteiger partial charge in [0.1, 0.15) is 12.3 Å². The van der Waals surface area contributed by atoms with Crippen molar-refractivity contribution in [2.45, 2.75) is 0 Å². The van der Waals surface area contributed by atoms with Crippen molar-refractivity contribution in [1.82, 2.24) is 4.57 Å². The van der Waals surface area contributed by atoms with E-state index in [1.807, 2.05) is 0 Å². The number of rotatable bonds is 4. The number of fused-ring (bicyclic) bond motifs is 1. The summed E-state index contributed by atoms with van der Waals surface area (Å²) in [4.78, 5) is 23.4. The lowest BCUT2D eigenvalue weighted by Crippen LogP contribution is -2.16. The number of aryl methyl sites for hydroxylation is 1. The molecular weight excluding hydrogens is 246 g/mol. The van der Waals surface area contributed by atoms with E-state index in [4.69, 9.17) is 16.2 Å². The van der Waals surface area contributed by atoms with Crippen LogP contribution in [0.15, 0.2) is 18.2 Å². The largest absolute Gasteiger partial charge is 0.396 e. The number of amides is 1. The van der Waals surface area contributed by atoms with Crippen LogP contribution in [0.25, 0.3) is 10.9 Å². The van der Waals surface area contributed by atoms with E-state index in [1.165, 1.54) is 7.11 Å². The molecule has 1 aromatic heterocycles. The minimum atomic E-state index is -0.624. The predicted molar refractivity (Wildman–Crippen MR) is 72.1 cm³/mol. The summed E-state index contributed by atoms with van der Waals surface area (Å²) in [5.74, 6) is -0.817. The first-order valence-corrected chi connectivity index (χ1v) is 5.67. The van der Waals surface area contributed by atoms with E-state index in [-0.39, 0.29) is 23.8 Å². The number of anilines is 1. The average molecular weight is 261 g/mol. The highest BCUT2D eigenvalue weighted by Crippen LogP contribution is 2.30. The Bertz CT molecular complexity index is 673. The molecule has 2 rings (SSSR count). The van der Waals surface area contributed by atoms with E-state index in [0.717, 1.165) is 0 Å². The van der Waals surface area contributed by atoms with Gasteiger partial charge in [0.25, 0.3) is 5.91 Å². The summed E-state index contributed by atoms with van der Waals surface area (Å²) >= 11 is 0. The van der Waals surface area contributed by atoms with E-state index >= 15 is 0 Å². The summed E-state index contributed by atoms with van der Waals surface area (Å²) < 4.78 is 6.44. The van der Waals surface area contributed by atoms with Crippen LogP contribution in [0.4, 0.5) is 5.69 Å². The lowest BCUT2D eigenvalue weighted by Gasteiger charge is -2.03. The molecule has 19 heavy (non-hydrogen) atoms. The number of ketones is 1. The summed E-state index contributed by atoms with van der Waals surface area (Å²) in [6.07, 6.45) is 0. The number of nitrogens with zero attached hydrogens (tertiary/aromatic N) is 1. The molecule has 0 bridgehead atoms. The lowest BCUT2D eigenvalue weighted by atomic mass is 10.0. The molecule has 0 atom stereocenters. The first-order chi connectivity index (χ1) is 8.99. The van der Waals surface area contributed by atoms with Crippen molar-refractivity contribution in [2.24, 2.45) is 12.8 Å². The summed E-state index contributed by atoms with van der Waals surface area (Å²) in [6, 6.07) is 5.17. The van der Waals surface area contributed by atoms with Crippen LogP contribution >= 0.6 is 0 Å². The Labute approximate surface area is 109 Å². The van der Waals surface area contributed by atoms with Gasteiger partial charge in [-0.05, 0) is 6.07 Å². The van der Waals surface area contributed by atoms with E-state index < -0.39 is 5.91 Å². The molecule has 2 aromatic rings. The fraction of sp³-hybridized carbons (Fsp3) is 0.231. The zero-order chi connectivity index (χ0) is 14.2. The van der Waals surface area contributed by atoms with Crippen molar-refractivity contribution in [1.29, 1.82) is 0 Å². The van der Waals surface area contributed by atoms with Crippen LogP contribution in [0.5, 0.6) is 0 Å². The Morgan fingerprint density at radius 3 is 2.63 bits per heavy atom. The monoisotopic (exact) mass is 261 g/mol.